The minimum Gasteiger partial charge on any atom is -0.355 e. The molecule has 1 aromatic carbocycles. The number of benzene rings is 1. The van der Waals surface area contributed by atoms with E-state index in [9.17, 15) is 9.59 Å². The summed E-state index contributed by atoms with van der Waals surface area (Å²) < 4.78 is 1.76. The highest BCUT2D eigenvalue weighted by Crippen LogP contribution is 2.37. The Morgan fingerprint density at radius 3 is 2.84 bits per heavy atom. The molecule has 1 atom stereocenters. The van der Waals surface area contributed by atoms with Gasteiger partial charge in [0.15, 0.2) is 0 Å². The predicted molar refractivity (Wildman–Crippen MR) is 93.9 cm³/mol. The lowest BCUT2D eigenvalue weighted by Gasteiger charge is -2.22. The quantitative estimate of drug-likeness (QED) is 0.876. The monoisotopic (exact) mass is 339 g/mol. The second-order valence-electron chi connectivity index (χ2n) is 6.95. The molecule has 130 valence electrons. The Balaban J connectivity index is 1.50. The van der Waals surface area contributed by atoms with Crippen LogP contribution in [0.3, 0.4) is 0 Å². The zero-order valence-electron chi connectivity index (χ0n) is 14.2. The molecule has 2 aliphatic heterocycles. The topological polar surface area (TPSA) is 79.3 Å². The van der Waals surface area contributed by atoms with Crippen molar-refractivity contribution in [2.75, 3.05) is 25.0 Å². The number of nitrogens with zero attached hydrogens (tertiary/aromatic N) is 3. The zero-order valence-corrected chi connectivity index (χ0v) is 14.2. The number of anilines is 1. The van der Waals surface area contributed by atoms with Gasteiger partial charge >= 0.3 is 6.03 Å². The summed E-state index contributed by atoms with van der Waals surface area (Å²) in [7, 11) is 1.86. The minimum absolute atomic E-state index is 0.0841. The number of rotatable bonds is 2. The van der Waals surface area contributed by atoms with Gasteiger partial charge in [-0.1, -0.05) is 30.3 Å². The number of likely N-dealkylation sites (tertiary alicyclic amines) is 1. The molecule has 1 spiro atoms. The fraction of sp³-hybridized carbons (Fsp3) is 0.389. The van der Waals surface area contributed by atoms with Crippen molar-refractivity contribution in [3.05, 3.63) is 36.5 Å². The Kier molecular flexibility index (Phi) is 3.71. The molecule has 3 heterocycles. The molecular formula is C18H21N5O2. The standard InChI is InChI=1S/C18H21N5O2/c1-22-16(13-5-3-2-4-6-13)14(10-20-22)21-17(25)23-8-7-18(12-23)9-15(24)19-11-18/h2-6,10H,7-9,11-12H2,1H3,(H,19,24)(H,21,25). The third-order valence-corrected chi connectivity index (χ3v) is 5.15. The maximum atomic E-state index is 12.7. The first-order valence-electron chi connectivity index (χ1n) is 8.46. The lowest BCUT2D eigenvalue weighted by Crippen LogP contribution is -2.36. The van der Waals surface area contributed by atoms with Crippen LogP contribution in [0.1, 0.15) is 12.8 Å². The Morgan fingerprint density at radius 1 is 1.32 bits per heavy atom. The summed E-state index contributed by atoms with van der Waals surface area (Å²) in [6.45, 7) is 1.94. The van der Waals surface area contributed by atoms with Crippen LogP contribution in [-0.4, -0.2) is 46.3 Å². The molecule has 25 heavy (non-hydrogen) atoms. The molecule has 4 rings (SSSR count). The average molecular weight is 339 g/mol. The van der Waals surface area contributed by atoms with Gasteiger partial charge in [-0.3, -0.25) is 9.48 Å². The molecule has 0 bridgehead atoms. The van der Waals surface area contributed by atoms with Crippen molar-refractivity contribution < 1.29 is 9.59 Å². The molecule has 2 saturated heterocycles. The summed E-state index contributed by atoms with van der Waals surface area (Å²) in [6, 6.07) is 9.73. The van der Waals surface area contributed by atoms with Crippen LogP contribution in [0, 0.1) is 5.41 Å². The van der Waals surface area contributed by atoms with Crippen LogP contribution in [0.2, 0.25) is 0 Å². The molecule has 2 N–H and O–H groups in total. The van der Waals surface area contributed by atoms with Crippen molar-refractivity contribution in [3.63, 3.8) is 0 Å². The molecule has 3 amide bonds. The average Bonchev–Trinajstić information content (AvgIpc) is 3.29. The van der Waals surface area contributed by atoms with Crippen molar-refractivity contribution in [2.45, 2.75) is 12.8 Å². The van der Waals surface area contributed by atoms with Crippen LogP contribution >= 0.6 is 0 Å². The van der Waals surface area contributed by atoms with Crippen LogP contribution in [0.5, 0.6) is 0 Å². The van der Waals surface area contributed by atoms with Crippen LogP contribution < -0.4 is 10.6 Å². The van der Waals surface area contributed by atoms with E-state index in [0.29, 0.717) is 31.7 Å². The Hall–Kier alpha value is -2.83. The number of aryl methyl sites for hydroxylation is 1. The first-order valence-corrected chi connectivity index (χ1v) is 8.46. The van der Waals surface area contributed by atoms with Gasteiger partial charge in [-0.15, -0.1) is 0 Å². The highest BCUT2D eigenvalue weighted by molar-refractivity contribution is 5.93. The van der Waals surface area contributed by atoms with E-state index in [1.165, 1.54) is 0 Å². The summed E-state index contributed by atoms with van der Waals surface area (Å²) in [5.41, 5.74) is 2.48. The maximum Gasteiger partial charge on any atom is 0.321 e. The second-order valence-corrected chi connectivity index (χ2v) is 6.95. The van der Waals surface area contributed by atoms with Gasteiger partial charge in [-0.05, 0) is 6.42 Å². The first-order chi connectivity index (χ1) is 12.1. The van der Waals surface area contributed by atoms with Crippen LogP contribution in [0.25, 0.3) is 11.3 Å². The summed E-state index contributed by atoms with van der Waals surface area (Å²) in [4.78, 5) is 26.0. The molecule has 2 aromatic rings. The number of carbonyl (C=O) groups excluding carboxylic acids is 2. The molecule has 1 unspecified atom stereocenters. The van der Waals surface area contributed by atoms with Crippen molar-refractivity contribution in [1.29, 1.82) is 0 Å². The Morgan fingerprint density at radius 2 is 2.12 bits per heavy atom. The number of carbonyl (C=O) groups is 2. The number of nitrogens with one attached hydrogen (secondary N) is 2. The number of aromatic nitrogens is 2. The molecule has 7 heteroatoms. The molecule has 0 aliphatic carbocycles. The predicted octanol–water partition coefficient (Wildman–Crippen LogP) is 1.83. The van der Waals surface area contributed by atoms with E-state index in [-0.39, 0.29) is 17.4 Å². The number of hydrogen-bond acceptors (Lipinski definition) is 3. The van der Waals surface area contributed by atoms with Gasteiger partial charge in [0.25, 0.3) is 0 Å². The third kappa shape index (κ3) is 2.86. The molecular weight excluding hydrogens is 318 g/mol. The lowest BCUT2D eigenvalue weighted by molar-refractivity contribution is -0.119. The van der Waals surface area contributed by atoms with Crippen molar-refractivity contribution in [1.82, 2.24) is 20.0 Å². The van der Waals surface area contributed by atoms with Crippen molar-refractivity contribution in [2.24, 2.45) is 12.5 Å². The van der Waals surface area contributed by atoms with E-state index >= 15 is 0 Å². The molecule has 2 fully saturated rings. The van der Waals surface area contributed by atoms with Gasteiger partial charge in [0.1, 0.15) is 0 Å². The summed E-state index contributed by atoms with van der Waals surface area (Å²) >= 11 is 0. The van der Waals surface area contributed by atoms with Gasteiger partial charge in [0.05, 0.1) is 17.6 Å². The van der Waals surface area contributed by atoms with Gasteiger partial charge in [0.2, 0.25) is 5.91 Å². The van der Waals surface area contributed by atoms with E-state index in [1.54, 1.807) is 15.8 Å². The summed E-state index contributed by atoms with van der Waals surface area (Å²) in [5, 5.41) is 10.2. The highest BCUT2D eigenvalue weighted by Gasteiger charge is 2.45. The molecule has 7 nitrogen and oxygen atoms in total. The van der Waals surface area contributed by atoms with Gasteiger partial charge in [-0.2, -0.15) is 5.10 Å². The second kappa shape index (κ2) is 5.91. The molecule has 0 saturated carbocycles. The SMILES string of the molecule is Cn1ncc(NC(=O)N2CCC3(CNC(=O)C3)C2)c1-c1ccccc1. The Labute approximate surface area is 146 Å². The van der Waals surface area contributed by atoms with Crippen LogP contribution in [0.15, 0.2) is 36.5 Å². The maximum absolute atomic E-state index is 12.7. The lowest BCUT2D eigenvalue weighted by atomic mass is 9.86. The molecule has 0 radical (unpaired) electrons. The first kappa shape index (κ1) is 15.7. The largest absolute Gasteiger partial charge is 0.355 e. The van der Waals surface area contributed by atoms with Crippen LogP contribution in [0.4, 0.5) is 10.5 Å². The van der Waals surface area contributed by atoms with E-state index in [1.807, 2.05) is 37.4 Å². The fourth-order valence-electron chi connectivity index (χ4n) is 3.81. The fourth-order valence-corrected chi connectivity index (χ4v) is 3.81. The minimum atomic E-state index is -0.138. The van der Waals surface area contributed by atoms with Crippen LogP contribution in [-0.2, 0) is 11.8 Å². The Bertz CT molecular complexity index is 816. The molecule has 2 aliphatic rings. The van der Waals surface area contributed by atoms with Crippen molar-refractivity contribution >= 4 is 17.6 Å². The number of hydrogen-bond donors (Lipinski definition) is 2. The third-order valence-electron chi connectivity index (χ3n) is 5.15. The molecule has 1 aromatic heterocycles. The van der Waals surface area contributed by atoms with Gasteiger partial charge in [0, 0.05) is 44.1 Å². The number of amides is 3. The van der Waals surface area contributed by atoms with E-state index in [0.717, 1.165) is 17.7 Å². The van der Waals surface area contributed by atoms with Gasteiger partial charge in [-0.25, -0.2) is 4.79 Å². The van der Waals surface area contributed by atoms with Crippen molar-refractivity contribution in [3.8, 4) is 11.3 Å². The summed E-state index contributed by atoms with van der Waals surface area (Å²) in [6.07, 6.45) is 3.05. The van der Waals surface area contributed by atoms with E-state index in [4.69, 9.17) is 0 Å². The zero-order chi connectivity index (χ0) is 17.4. The van der Waals surface area contributed by atoms with Gasteiger partial charge < -0.3 is 15.5 Å². The normalized spacial score (nSPS) is 22.4. The summed E-state index contributed by atoms with van der Waals surface area (Å²) in [5.74, 6) is 0.0841. The number of urea groups is 1. The van der Waals surface area contributed by atoms with E-state index < -0.39 is 0 Å². The van der Waals surface area contributed by atoms with E-state index in [2.05, 4.69) is 15.7 Å². The highest BCUT2D eigenvalue weighted by atomic mass is 16.2. The smallest absolute Gasteiger partial charge is 0.321 e.